The van der Waals surface area contributed by atoms with E-state index in [1.165, 1.54) is 36.6 Å². The monoisotopic (exact) mass is 430 g/mol. The molecule has 1 N–H and O–H groups in total. The number of rotatable bonds is 6. The summed E-state index contributed by atoms with van der Waals surface area (Å²) in [6, 6.07) is 12.1. The van der Waals surface area contributed by atoms with Crippen molar-refractivity contribution in [1.29, 1.82) is 0 Å². The predicted molar refractivity (Wildman–Crippen MR) is 114 cm³/mol. The summed E-state index contributed by atoms with van der Waals surface area (Å²) in [5.41, 5.74) is 2.13. The molecule has 0 fully saturated rings. The Morgan fingerprint density at radius 2 is 1.90 bits per heavy atom. The van der Waals surface area contributed by atoms with E-state index in [0.29, 0.717) is 33.5 Å². The summed E-state index contributed by atoms with van der Waals surface area (Å²) >= 11 is 7.45. The predicted octanol–water partition coefficient (Wildman–Crippen LogP) is 5.21. The average Bonchev–Trinajstić information content (AvgIpc) is 3.11. The highest BCUT2D eigenvalue weighted by Gasteiger charge is 2.18. The lowest BCUT2D eigenvalue weighted by atomic mass is 10.2. The number of halogens is 1. The molecule has 0 aliphatic rings. The first-order valence-electron chi connectivity index (χ1n) is 8.82. The lowest BCUT2D eigenvalue weighted by molar-refractivity contribution is 0.0600. The van der Waals surface area contributed by atoms with Crippen molar-refractivity contribution in [3.63, 3.8) is 0 Å². The summed E-state index contributed by atoms with van der Waals surface area (Å²) in [6.45, 7) is 4.30. The fourth-order valence-corrected chi connectivity index (χ4v) is 3.77. The van der Waals surface area contributed by atoms with E-state index in [4.69, 9.17) is 21.1 Å². The van der Waals surface area contributed by atoms with Gasteiger partial charge in [0.2, 0.25) is 0 Å². The summed E-state index contributed by atoms with van der Waals surface area (Å²) in [7, 11) is 1.29. The molecule has 0 saturated heterocycles. The van der Waals surface area contributed by atoms with E-state index in [9.17, 15) is 9.59 Å². The van der Waals surface area contributed by atoms with Gasteiger partial charge in [0.05, 0.1) is 35.7 Å². The summed E-state index contributed by atoms with van der Waals surface area (Å²) in [6.07, 6.45) is 0. The Hall–Kier alpha value is -2.90. The Morgan fingerprint density at radius 3 is 2.55 bits per heavy atom. The van der Waals surface area contributed by atoms with Crippen molar-refractivity contribution in [3.8, 4) is 16.3 Å². The van der Waals surface area contributed by atoms with E-state index in [1.54, 1.807) is 6.92 Å². The first kappa shape index (κ1) is 20.8. The zero-order valence-corrected chi connectivity index (χ0v) is 17.7. The Balaban J connectivity index is 1.83. The zero-order valence-electron chi connectivity index (χ0n) is 16.1. The van der Waals surface area contributed by atoms with Crippen LogP contribution in [0.2, 0.25) is 5.02 Å². The van der Waals surface area contributed by atoms with Crippen LogP contribution in [0.4, 0.5) is 5.69 Å². The van der Waals surface area contributed by atoms with Crippen molar-refractivity contribution in [2.24, 2.45) is 0 Å². The minimum absolute atomic E-state index is 0.295. The molecule has 0 radical (unpaired) electrons. The maximum Gasteiger partial charge on any atom is 0.337 e. The van der Waals surface area contributed by atoms with E-state index in [-0.39, 0.29) is 5.91 Å². The largest absolute Gasteiger partial charge is 0.494 e. The van der Waals surface area contributed by atoms with E-state index in [2.05, 4.69) is 10.3 Å². The van der Waals surface area contributed by atoms with E-state index in [1.807, 2.05) is 31.2 Å². The molecule has 8 heteroatoms. The number of amides is 1. The second-order valence-corrected chi connectivity index (χ2v) is 7.44. The molecule has 3 aromatic rings. The summed E-state index contributed by atoms with van der Waals surface area (Å²) in [4.78, 5) is 29.5. The van der Waals surface area contributed by atoms with Crippen LogP contribution in [-0.2, 0) is 4.74 Å². The number of nitrogens with one attached hydrogen (secondary N) is 1. The molecule has 29 heavy (non-hydrogen) atoms. The van der Waals surface area contributed by atoms with Crippen LogP contribution in [0.5, 0.6) is 5.75 Å². The Morgan fingerprint density at radius 1 is 1.17 bits per heavy atom. The number of hydrogen-bond acceptors (Lipinski definition) is 6. The smallest absolute Gasteiger partial charge is 0.337 e. The van der Waals surface area contributed by atoms with E-state index < -0.39 is 5.97 Å². The molecule has 0 spiro atoms. The maximum atomic E-state index is 12.8. The molecule has 150 valence electrons. The number of anilines is 1. The fourth-order valence-electron chi connectivity index (χ4n) is 2.64. The molecule has 0 aliphatic carbocycles. The van der Waals surface area contributed by atoms with Crippen molar-refractivity contribution in [1.82, 2.24) is 4.98 Å². The number of carbonyl (C=O) groups is 2. The topological polar surface area (TPSA) is 77.5 Å². The van der Waals surface area contributed by atoms with Crippen LogP contribution >= 0.6 is 22.9 Å². The highest BCUT2D eigenvalue weighted by atomic mass is 35.5. The number of nitrogens with zero attached hydrogens (tertiary/aromatic N) is 1. The van der Waals surface area contributed by atoms with Gasteiger partial charge in [-0.05, 0) is 56.3 Å². The van der Waals surface area contributed by atoms with Crippen LogP contribution in [0.15, 0.2) is 42.5 Å². The molecule has 0 saturated carbocycles. The van der Waals surface area contributed by atoms with Gasteiger partial charge in [0, 0.05) is 5.56 Å². The fraction of sp³-hybridized carbons (Fsp3) is 0.190. The van der Waals surface area contributed by atoms with Gasteiger partial charge in [-0.1, -0.05) is 11.6 Å². The van der Waals surface area contributed by atoms with Crippen LogP contribution < -0.4 is 10.1 Å². The highest BCUT2D eigenvalue weighted by molar-refractivity contribution is 7.17. The lowest BCUT2D eigenvalue weighted by Crippen LogP contribution is -2.13. The molecular weight excluding hydrogens is 412 g/mol. The van der Waals surface area contributed by atoms with E-state index >= 15 is 0 Å². The van der Waals surface area contributed by atoms with Crippen molar-refractivity contribution in [3.05, 3.63) is 63.6 Å². The molecule has 1 aromatic heterocycles. The Kier molecular flexibility index (Phi) is 6.51. The van der Waals surface area contributed by atoms with Gasteiger partial charge in [-0.2, -0.15) is 0 Å². The van der Waals surface area contributed by atoms with Crippen molar-refractivity contribution in [2.45, 2.75) is 13.8 Å². The van der Waals surface area contributed by atoms with Crippen molar-refractivity contribution < 1.29 is 19.1 Å². The molecule has 0 aliphatic heterocycles. The van der Waals surface area contributed by atoms with Gasteiger partial charge in [0.15, 0.2) is 0 Å². The Labute approximate surface area is 177 Å². The minimum Gasteiger partial charge on any atom is -0.494 e. The molecule has 0 atom stereocenters. The number of ether oxygens (including phenoxy) is 2. The molecule has 3 rings (SSSR count). The zero-order chi connectivity index (χ0) is 21.0. The number of hydrogen-bond donors (Lipinski definition) is 1. The second-order valence-electron chi connectivity index (χ2n) is 6.03. The quantitative estimate of drug-likeness (QED) is 0.543. The van der Waals surface area contributed by atoms with Gasteiger partial charge in [0.25, 0.3) is 5.91 Å². The van der Waals surface area contributed by atoms with Crippen LogP contribution in [0.1, 0.15) is 32.6 Å². The number of methoxy groups -OCH3 is 1. The Bertz CT molecular complexity index is 1050. The molecular formula is C21H19ClN2O4S. The van der Waals surface area contributed by atoms with Crippen molar-refractivity contribution in [2.75, 3.05) is 19.0 Å². The van der Waals surface area contributed by atoms with Crippen LogP contribution in [-0.4, -0.2) is 30.6 Å². The van der Waals surface area contributed by atoms with Crippen LogP contribution in [0, 0.1) is 6.92 Å². The second kappa shape index (κ2) is 9.07. The van der Waals surface area contributed by atoms with Gasteiger partial charge < -0.3 is 14.8 Å². The first-order valence-corrected chi connectivity index (χ1v) is 10.0. The number of carbonyl (C=O) groups excluding carboxylic acids is 2. The normalized spacial score (nSPS) is 10.5. The SMILES string of the molecule is CCOc1ccc(-c2nc(C)c(C(=O)Nc3cc(C(=O)OC)ccc3Cl)s2)cc1. The summed E-state index contributed by atoms with van der Waals surface area (Å²) < 4.78 is 10.2. The molecule has 0 bridgehead atoms. The third kappa shape index (κ3) is 4.75. The molecule has 1 heterocycles. The van der Waals surface area contributed by atoms with Crippen LogP contribution in [0.25, 0.3) is 10.6 Å². The molecule has 0 unspecified atom stereocenters. The summed E-state index contributed by atoms with van der Waals surface area (Å²) in [5, 5.41) is 3.80. The maximum absolute atomic E-state index is 12.8. The number of esters is 1. The first-order chi connectivity index (χ1) is 13.9. The molecule has 6 nitrogen and oxygen atoms in total. The third-order valence-corrected chi connectivity index (χ3v) is 5.59. The van der Waals surface area contributed by atoms with Gasteiger partial charge >= 0.3 is 5.97 Å². The van der Waals surface area contributed by atoms with Crippen LogP contribution in [0.3, 0.4) is 0 Å². The van der Waals surface area contributed by atoms with Gasteiger partial charge in [-0.3, -0.25) is 4.79 Å². The van der Waals surface area contributed by atoms with E-state index in [0.717, 1.165) is 16.3 Å². The number of aromatic nitrogens is 1. The number of thiazole rings is 1. The van der Waals surface area contributed by atoms with Gasteiger partial charge in [0.1, 0.15) is 15.6 Å². The average molecular weight is 431 g/mol. The lowest BCUT2D eigenvalue weighted by Gasteiger charge is -2.08. The number of benzene rings is 2. The van der Waals surface area contributed by atoms with Gasteiger partial charge in [-0.25, -0.2) is 9.78 Å². The standard InChI is InChI=1S/C21H19ClN2O4S/c1-4-28-15-8-5-13(6-9-15)20-23-12(2)18(29-20)19(25)24-17-11-14(21(26)27-3)7-10-16(17)22/h5-11H,4H2,1-3H3,(H,24,25). The molecule has 1 amide bonds. The van der Waals surface area contributed by atoms with Crippen molar-refractivity contribution >= 4 is 40.5 Å². The minimum atomic E-state index is -0.510. The number of aryl methyl sites for hydroxylation is 1. The van der Waals surface area contributed by atoms with Gasteiger partial charge in [-0.15, -0.1) is 11.3 Å². The summed E-state index contributed by atoms with van der Waals surface area (Å²) in [5.74, 6) is -0.0763. The third-order valence-electron chi connectivity index (χ3n) is 4.05. The highest BCUT2D eigenvalue weighted by Crippen LogP contribution is 2.31. The molecule has 2 aromatic carbocycles.